The molecule has 0 aliphatic rings. The number of hydrogen-bond acceptors (Lipinski definition) is 3. The van der Waals surface area contributed by atoms with Gasteiger partial charge in [0, 0.05) is 6.61 Å². The second-order valence-corrected chi connectivity index (χ2v) is 5.18. The Balaban J connectivity index is 2.46. The van der Waals surface area contributed by atoms with Crippen molar-refractivity contribution in [2.75, 3.05) is 13.2 Å². The summed E-state index contributed by atoms with van der Waals surface area (Å²) in [6.07, 6.45) is -0.410. The topological polar surface area (TPSA) is 38.7 Å². The van der Waals surface area contributed by atoms with Crippen LogP contribution in [0.4, 0.5) is 0 Å². The van der Waals surface area contributed by atoms with Crippen molar-refractivity contribution in [3.05, 3.63) is 29.8 Å². The minimum Gasteiger partial charge on any atom is -0.491 e. The monoisotopic (exact) mass is 252 g/mol. The van der Waals surface area contributed by atoms with Crippen LogP contribution in [0.25, 0.3) is 0 Å². The molecule has 0 aliphatic heterocycles. The van der Waals surface area contributed by atoms with Crippen LogP contribution in [-0.4, -0.2) is 24.4 Å². The summed E-state index contributed by atoms with van der Waals surface area (Å²) < 4.78 is 11.0. The Kier molecular flexibility index (Phi) is 6.16. The first-order chi connectivity index (χ1) is 8.49. The lowest BCUT2D eigenvalue weighted by molar-refractivity contribution is 0.0249. The first-order valence-corrected chi connectivity index (χ1v) is 6.51. The maximum absolute atomic E-state index is 9.94. The van der Waals surface area contributed by atoms with Crippen molar-refractivity contribution in [2.45, 2.75) is 39.9 Å². The summed E-state index contributed by atoms with van der Waals surface area (Å²) >= 11 is 0. The minimum atomic E-state index is -0.572. The van der Waals surface area contributed by atoms with Crippen LogP contribution in [0.2, 0.25) is 0 Å². The molecule has 0 spiro atoms. The molecule has 0 fully saturated rings. The largest absolute Gasteiger partial charge is 0.491 e. The molecule has 0 saturated heterocycles. The van der Waals surface area contributed by atoms with E-state index in [1.165, 1.54) is 0 Å². The van der Waals surface area contributed by atoms with Crippen molar-refractivity contribution in [3.63, 3.8) is 0 Å². The van der Waals surface area contributed by atoms with Crippen LogP contribution in [0.3, 0.4) is 0 Å². The van der Waals surface area contributed by atoms with Gasteiger partial charge in [-0.25, -0.2) is 0 Å². The third-order valence-electron chi connectivity index (χ3n) is 2.36. The Bertz CT molecular complexity index is 330. The van der Waals surface area contributed by atoms with Gasteiger partial charge in [0.25, 0.3) is 0 Å². The van der Waals surface area contributed by atoms with Gasteiger partial charge >= 0.3 is 0 Å². The Morgan fingerprint density at radius 2 is 1.61 bits per heavy atom. The molecule has 1 aromatic rings. The lowest BCUT2D eigenvalue weighted by Gasteiger charge is -2.14. The molecule has 3 nitrogen and oxygen atoms in total. The van der Waals surface area contributed by atoms with Crippen molar-refractivity contribution in [2.24, 2.45) is 5.92 Å². The zero-order chi connectivity index (χ0) is 13.5. The molecule has 1 aromatic carbocycles. The van der Waals surface area contributed by atoms with Gasteiger partial charge < -0.3 is 14.6 Å². The van der Waals surface area contributed by atoms with Crippen LogP contribution in [0.1, 0.15) is 39.4 Å². The smallest absolute Gasteiger partial charge is 0.119 e. The zero-order valence-corrected chi connectivity index (χ0v) is 11.7. The first kappa shape index (κ1) is 15.0. The van der Waals surface area contributed by atoms with Gasteiger partial charge in [-0.1, -0.05) is 26.0 Å². The van der Waals surface area contributed by atoms with Gasteiger partial charge in [-0.3, -0.25) is 0 Å². The van der Waals surface area contributed by atoms with Gasteiger partial charge in [0.1, 0.15) is 11.9 Å². The molecule has 1 atom stereocenters. The van der Waals surface area contributed by atoms with Crippen LogP contribution in [0.15, 0.2) is 24.3 Å². The summed E-state index contributed by atoms with van der Waals surface area (Å²) in [6, 6.07) is 7.50. The fraction of sp³-hybridized carbons (Fsp3) is 0.600. The number of benzene rings is 1. The van der Waals surface area contributed by atoms with E-state index in [-0.39, 0.29) is 6.10 Å². The van der Waals surface area contributed by atoms with Crippen LogP contribution in [0.5, 0.6) is 5.75 Å². The molecule has 0 aromatic heterocycles. The van der Waals surface area contributed by atoms with Crippen molar-refractivity contribution >= 4 is 0 Å². The Morgan fingerprint density at radius 3 is 2.11 bits per heavy atom. The molecule has 102 valence electrons. The molecule has 0 aliphatic carbocycles. The van der Waals surface area contributed by atoms with E-state index < -0.39 is 6.10 Å². The molecule has 0 radical (unpaired) electrons. The summed E-state index contributed by atoms with van der Waals surface area (Å²) in [6.45, 7) is 9.16. The highest BCUT2D eigenvalue weighted by Gasteiger charge is 2.08. The Hall–Kier alpha value is -1.06. The molecular formula is C15H24O3. The van der Waals surface area contributed by atoms with Crippen LogP contribution >= 0.6 is 0 Å². The summed E-state index contributed by atoms with van der Waals surface area (Å²) in [7, 11) is 0. The third-order valence-corrected chi connectivity index (χ3v) is 2.36. The third kappa shape index (κ3) is 5.52. The number of aliphatic hydroxyl groups is 1. The average Bonchev–Trinajstić information content (AvgIpc) is 2.28. The molecule has 1 N–H and O–H groups in total. The number of aliphatic hydroxyl groups excluding tert-OH is 1. The van der Waals surface area contributed by atoms with Crippen molar-refractivity contribution in [1.82, 2.24) is 0 Å². The van der Waals surface area contributed by atoms with Crippen LogP contribution in [0, 0.1) is 5.92 Å². The normalized spacial score (nSPS) is 13.1. The minimum absolute atomic E-state index is 0.162. The first-order valence-electron chi connectivity index (χ1n) is 6.51. The summed E-state index contributed by atoms with van der Waals surface area (Å²) in [4.78, 5) is 0. The SMILES string of the molecule is CC(C)COCC(O)c1ccc(OC(C)C)cc1. The molecular weight excluding hydrogens is 228 g/mol. The van der Waals surface area contributed by atoms with E-state index in [0.717, 1.165) is 11.3 Å². The molecule has 0 heterocycles. The fourth-order valence-electron chi connectivity index (χ4n) is 1.55. The van der Waals surface area contributed by atoms with Crippen LogP contribution in [-0.2, 0) is 4.74 Å². The highest BCUT2D eigenvalue weighted by molar-refractivity contribution is 5.28. The summed E-state index contributed by atoms with van der Waals surface area (Å²) in [5, 5.41) is 9.94. The number of rotatable bonds is 7. The van der Waals surface area contributed by atoms with E-state index in [4.69, 9.17) is 9.47 Å². The van der Waals surface area contributed by atoms with E-state index in [9.17, 15) is 5.11 Å². The van der Waals surface area contributed by atoms with Gasteiger partial charge in [-0.15, -0.1) is 0 Å². The van der Waals surface area contributed by atoms with Gasteiger partial charge in [0.05, 0.1) is 12.7 Å². The summed E-state index contributed by atoms with van der Waals surface area (Å²) in [5.74, 6) is 1.31. The fourth-order valence-corrected chi connectivity index (χ4v) is 1.55. The van der Waals surface area contributed by atoms with E-state index in [1.807, 2.05) is 38.1 Å². The molecule has 0 amide bonds. The van der Waals surface area contributed by atoms with E-state index in [0.29, 0.717) is 19.1 Å². The average molecular weight is 252 g/mol. The molecule has 1 unspecified atom stereocenters. The van der Waals surface area contributed by atoms with E-state index in [1.54, 1.807) is 0 Å². The second kappa shape index (κ2) is 7.39. The lowest BCUT2D eigenvalue weighted by atomic mass is 10.1. The molecule has 18 heavy (non-hydrogen) atoms. The van der Waals surface area contributed by atoms with Crippen molar-refractivity contribution in [1.29, 1.82) is 0 Å². The van der Waals surface area contributed by atoms with E-state index in [2.05, 4.69) is 13.8 Å². The molecule has 1 rings (SSSR count). The van der Waals surface area contributed by atoms with E-state index >= 15 is 0 Å². The predicted molar refractivity (Wildman–Crippen MR) is 72.8 cm³/mol. The van der Waals surface area contributed by atoms with Gasteiger partial charge in [0.2, 0.25) is 0 Å². The zero-order valence-electron chi connectivity index (χ0n) is 11.7. The standard InChI is InChI=1S/C15H24O3/c1-11(2)9-17-10-15(16)13-5-7-14(8-6-13)18-12(3)4/h5-8,11-12,15-16H,9-10H2,1-4H3. The maximum atomic E-state index is 9.94. The highest BCUT2D eigenvalue weighted by Crippen LogP contribution is 2.19. The van der Waals surface area contributed by atoms with Crippen LogP contribution < -0.4 is 4.74 Å². The lowest BCUT2D eigenvalue weighted by Crippen LogP contribution is -2.11. The number of hydrogen-bond donors (Lipinski definition) is 1. The second-order valence-electron chi connectivity index (χ2n) is 5.18. The molecule has 3 heteroatoms. The molecule has 0 bridgehead atoms. The predicted octanol–water partition coefficient (Wildman–Crippen LogP) is 3.18. The van der Waals surface area contributed by atoms with Crippen molar-refractivity contribution < 1.29 is 14.6 Å². The van der Waals surface area contributed by atoms with Gasteiger partial charge in [-0.05, 0) is 37.5 Å². The summed E-state index contributed by atoms with van der Waals surface area (Å²) in [5.41, 5.74) is 0.856. The number of ether oxygens (including phenoxy) is 2. The van der Waals surface area contributed by atoms with Gasteiger partial charge in [0.15, 0.2) is 0 Å². The Morgan fingerprint density at radius 1 is 1.00 bits per heavy atom. The molecule has 0 saturated carbocycles. The quantitative estimate of drug-likeness (QED) is 0.810. The Labute approximate surface area is 110 Å². The van der Waals surface area contributed by atoms with Crippen molar-refractivity contribution in [3.8, 4) is 5.75 Å². The highest BCUT2D eigenvalue weighted by atomic mass is 16.5. The van der Waals surface area contributed by atoms with Gasteiger partial charge in [-0.2, -0.15) is 0 Å². The maximum Gasteiger partial charge on any atom is 0.119 e.